The highest BCUT2D eigenvalue weighted by atomic mass is 35.5. The number of nitrogens with one attached hydrogen (secondary N) is 1. The lowest BCUT2D eigenvalue weighted by Crippen LogP contribution is -2.53. The zero-order valence-electron chi connectivity index (χ0n) is 13.6. The molecule has 0 fully saturated rings. The number of methoxy groups -OCH3 is 1. The average Bonchev–Trinajstić information content (AvgIpc) is 2.68. The predicted octanol–water partition coefficient (Wildman–Crippen LogP) is 3.11. The van der Waals surface area contributed by atoms with Gasteiger partial charge in [0.2, 0.25) is 0 Å². The molecular formula is C15H28ClN3O. The van der Waals surface area contributed by atoms with E-state index >= 15 is 0 Å². The number of halogens is 1. The lowest BCUT2D eigenvalue weighted by atomic mass is 9.85. The van der Waals surface area contributed by atoms with Gasteiger partial charge in [-0.1, -0.05) is 32.4 Å². The van der Waals surface area contributed by atoms with Crippen LogP contribution in [0.25, 0.3) is 0 Å². The Morgan fingerprint density at radius 1 is 1.35 bits per heavy atom. The van der Waals surface area contributed by atoms with Crippen LogP contribution in [-0.4, -0.2) is 35.1 Å². The van der Waals surface area contributed by atoms with Crippen molar-refractivity contribution < 1.29 is 4.74 Å². The molecule has 0 saturated carbocycles. The molecule has 0 aliphatic carbocycles. The van der Waals surface area contributed by atoms with Crippen LogP contribution in [-0.2, 0) is 18.2 Å². The van der Waals surface area contributed by atoms with Crippen LogP contribution in [0.5, 0.6) is 0 Å². The number of nitrogens with zero attached hydrogens (tertiary/aromatic N) is 2. The van der Waals surface area contributed by atoms with Gasteiger partial charge in [0, 0.05) is 26.6 Å². The van der Waals surface area contributed by atoms with Crippen LogP contribution in [0, 0.1) is 6.92 Å². The second kappa shape index (κ2) is 7.43. The van der Waals surface area contributed by atoms with Crippen molar-refractivity contribution in [1.82, 2.24) is 15.1 Å². The first-order valence-electron chi connectivity index (χ1n) is 7.42. The molecule has 1 aromatic heterocycles. The van der Waals surface area contributed by atoms with E-state index in [0.717, 1.165) is 42.2 Å². The summed E-state index contributed by atoms with van der Waals surface area (Å²) in [6.07, 6.45) is 2.75. The summed E-state index contributed by atoms with van der Waals surface area (Å²) in [6, 6.07) is 0.222. The van der Waals surface area contributed by atoms with Crippen molar-refractivity contribution in [3.05, 3.63) is 16.4 Å². The van der Waals surface area contributed by atoms with Crippen molar-refractivity contribution in [2.75, 3.05) is 13.7 Å². The van der Waals surface area contributed by atoms with E-state index in [9.17, 15) is 0 Å². The zero-order valence-corrected chi connectivity index (χ0v) is 14.3. The molecule has 4 nitrogen and oxygen atoms in total. The van der Waals surface area contributed by atoms with Gasteiger partial charge in [-0.15, -0.1) is 0 Å². The van der Waals surface area contributed by atoms with Gasteiger partial charge >= 0.3 is 0 Å². The van der Waals surface area contributed by atoms with E-state index in [4.69, 9.17) is 16.3 Å². The van der Waals surface area contributed by atoms with Gasteiger partial charge in [-0.3, -0.25) is 4.68 Å². The van der Waals surface area contributed by atoms with Crippen LogP contribution in [0.15, 0.2) is 0 Å². The average molecular weight is 302 g/mol. The highest BCUT2D eigenvalue weighted by molar-refractivity contribution is 6.31. The highest BCUT2D eigenvalue weighted by Gasteiger charge is 2.36. The Kier molecular flexibility index (Phi) is 6.49. The molecule has 0 radical (unpaired) electrons. The van der Waals surface area contributed by atoms with Crippen molar-refractivity contribution in [3.8, 4) is 0 Å². The largest absolute Gasteiger partial charge is 0.377 e. The van der Waals surface area contributed by atoms with E-state index in [1.807, 2.05) is 18.7 Å². The minimum atomic E-state index is -0.169. The Bertz CT molecular complexity index is 419. The molecule has 1 heterocycles. The third kappa shape index (κ3) is 3.35. The summed E-state index contributed by atoms with van der Waals surface area (Å²) < 4.78 is 7.76. The number of aromatic nitrogens is 2. The van der Waals surface area contributed by atoms with E-state index in [1.54, 1.807) is 7.11 Å². The van der Waals surface area contributed by atoms with Crippen LogP contribution >= 0.6 is 11.6 Å². The Hall–Kier alpha value is -0.580. The highest BCUT2D eigenvalue weighted by Crippen LogP contribution is 2.29. The van der Waals surface area contributed by atoms with E-state index in [1.165, 1.54) is 0 Å². The molecule has 116 valence electrons. The smallest absolute Gasteiger partial charge is 0.0847 e. The Labute approximate surface area is 127 Å². The van der Waals surface area contributed by atoms with E-state index in [-0.39, 0.29) is 11.6 Å². The summed E-state index contributed by atoms with van der Waals surface area (Å²) in [5, 5.41) is 8.73. The Balaban J connectivity index is 3.08. The first kappa shape index (κ1) is 17.5. The molecule has 1 rings (SSSR count). The minimum Gasteiger partial charge on any atom is -0.377 e. The van der Waals surface area contributed by atoms with Gasteiger partial charge in [0.1, 0.15) is 0 Å². The van der Waals surface area contributed by atoms with Crippen LogP contribution in [0.2, 0.25) is 5.02 Å². The molecule has 0 aromatic carbocycles. The monoisotopic (exact) mass is 301 g/mol. The summed E-state index contributed by atoms with van der Waals surface area (Å²) in [7, 11) is 3.75. The number of aryl methyl sites for hydroxylation is 2. The number of hydrogen-bond donors (Lipinski definition) is 1. The maximum absolute atomic E-state index is 6.39. The first-order valence-corrected chi connectivity index (χ1v) is 7.79. The maximum Gasteiger partial charge on any atom is 0.0847 e. The maximum atomic E-state index is 6.39. The summed E-state index contributed by atoms with van der Waals surface area (Å²) in [6.45, 7) is 9.32. The van der Waals surface area contributed by atoms with Gasteiger partial charge in [-0.05, 0) is 26.3 Å². The van der Waals surface area contributed by atoms with Crippen LogP contribution < -0.4 is 5.32 Å². The lowest BCUT2D eigenvalue weighted by molar-refractivity contribution is -0.0472. The van der Waals surface area contributed by atoms with Gasteiger partial charge in [-0.2, -0.15) is 5.10 Å². The summed E-state index contributed by atoms with van der Waals surface area (Å²) in [5.74, 6) is 0. The Morgan fingerprint density at radius 3 is 2.30 bits per heavy atom. The van der Waals surface area contributed by atoms with Gasteiger partial charge < -0.3 is 10.1 Å². The van der Waals surface area contributed by atoms with E-state index in [0.29, 0.717) is 0 Å². The first-order chi connectivity index (χ1) is 9.45. The summed E-state index contributed by atoms with van der Waals surface area (Å²) >= 11 is 6.39. The number of ether oxygens (including phenoxy) is 1. The second-order valence-electron chi connectivity index (χ2n) is 5.26. The standard InChI is InChI=1S/C15H28ClN3O/c1-7-15(8-2,20-6)13(17-9-3)10-12-14(16)11(4)18-19(12)5/h13,17H,7-10H2,1-6H3. The summed E-state index contributed by atoms with van der Waals surface area (Å²) in [4.78, 5) is 0. The lowest BCUT2D eigenvalue weighted by Gasteiger charge is -2.39. The number of likely N-dealkylation sites (N-methyl/N-ethyl adjacent to an activating group) is 1. The fourth-order valence-corrected chi connectivity index (χ4v) is 3.20. The van der Waals surface area contributed by atoms with Crippen molar-refractivity contribution >= 4 is 11.6 Å². The molecule has 20 heavy (non-hydrogen) atoms. The van der Waals surface area contributed by atoms with E-state index in [2.05, 4.69) is 31.2 Å². The van der Waals surface area contributed by atoms with Crippen molar-refractivity contribution in [2.24, 2.45) is 7.05 Å². The van der Waals surface area contributed by atoms with Gasteiger partial charge in [0.05, 0.1) is 22.0 Å². The van der Waals surface area contributed by atoms with Crippen LogP contribution in [0.4, 0.5) is 0 Å². The van der Waals surface area contributed by atoms with Crippen molar-refractivity contribution in [3.63, 3.8) is 0 Å². The molecule has 1 atom stereocenters. The molecule has 5 heteroatoms. The molecule has 1 aromatic rings. The molecule has 1 N–H and O–H groups in total. The van der Waals surface area contributed by atoms with Gasteiger partial charge in [-0.25, -0.2) is 0 Å². The minimum absolute atomic E-state index is 0.169. The number of rotatable bonds is 8. The van der Waals surface area contributed by atoms with E-state index < -0.39 is 0 Å². The van der Waals surface area contributed by atoms with Crippen LogP contribution in [0.3, 0.4) is 0 Å². The van der Waals surface area contributed by atoms with Gasteiger partial charge in [0.15, 0.2) is 0 Å². The van der Waals surface area contributed by atoms with Gasteiger partial charge in [0.25, 0.3) is 0 Å². The third-order valence-corrected chi connectivity index (χ3v) is 4.84. The fraction of sp³-hybridized carbons (Fsp3) is 0.800. The topological polar surface area (TPSA) is 39.1 Å². The molecule has 0 aliphatic heterocycles. The van der Waals surface area contributed by atoms with Crippen molar-refractivity contribution in [2.45, 2.75) is 58.6 Å². The van der Waals surface area contributed by atoms with Crippen LogP contribution in [0.1, 0.15) is 45.0 Å². The molecular weight excluding hydrogens is 274 g/mol. The second-order valence-corrected chi connectivity index (χ2v) is 5.64. The third-order valence-electron chi connectivity index (χ3n) is 4.35. The molecule has 0 spiro atoms. The Morgan fingerprint density at radius 2 is 1.95 bits per heavy atom. The SMILES string of the molecule is CCNC(Cc1c(Cl)c(C)nn1C)C(CC)(CC)OC. The summed E-state index contributed by atoms with van der Waals surface area (Å²) in [5.41, 5.74) is 1.78. The predicted molar refractivity (Wildman–Crippen MR) is 84.4 cm³/mol. The molecule has 0 bridgehead atoms. The molecule has 1 unspecified atom stereocenters. The zero-order chi connectivity index (χ0) is 15.3. The normalized spacial score (nSPS) is 13.8. The molecule has 0 aliphatic rings. The number of hydrogen-bond acceptors (Lipinski definition) is 3. The molecule has 0 saturated heterocycles. The quantitative estimate of drug-likeness (QED) is 0.802. The van der Waals surface area contributed by atoms with Crippen molar-refractivity contribution in [1.29, 1.82) is 0 Å². The molecule has 0 amide bonds. The fourth-order valence-electron chi connectivity index (χ4n) is 2.96.